The predicted octanol–water partition coefficient (Wildman–Crippen LogP) is 5.15. The number of hydrogen-bond donors (Lipinski definition) is 0. The Morgan fingerprint density at radius 2 is 1.94 bits per heavy atom. The number of amides is 1. The van der Waals surface area contributed by atoms with Crippen LogP contribution in [-0.2, 0) is 16.1 Å². The number of carbonyl (C=O) groups is 2. The molecule has 170 valence electrons. The van der Waals surface area contributed by atoms with Gasteiger partial charge >= 0.3 is 5.97 Å². The van der Waals surface area contributed by atoms with Crippen LogP contribution < -0.4 is 0 Å². The molecule has 3 rings (SSSR count). The van der Waals surface area contributed by atoms with E-state index in [1.54, 1.807) is 30.4 Å². The molecule has 0 aliphatic carbocycles. The smallest absolute Gasteiger partial charge is 0.306 e. The number of unbranched alkanes of at least 4 members (excludes halogenated alkanes) is 6. The first-order valence-electron chi connectivity index (χ1n) is 11.3. The molecule has 2 aromatic rings. The molecule has 0 N–H and O–H groups in total. The van der Waals surface area contributed by atoms with Crippen LogP contribution in [0.5, 0.6) is 0 Å². The van der Waals surface area contributed by atoms with E-state index in [1.807, 2.05) is 10.6 Å². The number of nitrogens with zero attached hydrogens (tertiary/aromatic N) is 3. The number of hydrogen-bond acceptors (Lipinski definition) is 4. The minimum absolute atomic E-state index is 0.0266. The molecule has 0 fully saturated rings. The Morgan fingerprint density at radius 1 is 1.19 bits per heavy atom. The maximum Gasteiger partial charge on any atom is 0.306 e. The van der Waals surface area contributed by atoms with Crippen molar-refractivity contribution in [3.8, 4) is 17.5 Å². The van der Waals surface area contributed by atoms with Crippen LogP contribution in [0.1, 0.15) is 80.0 Å². The molecule has 0 radical (unpaired) electrons. The predicted molar refractivity (Wildman–Crippen MR) is 125 cm³/mol. The highest BCUT2D eigenvalue weighted by atomic mass is 35.5. The fourth-order valence-electron chi connectivity index (χ4n) is 3.78. The summed E-state index contributed by atoms with van der Waals surface area (Å²) in [7, 11) is 1.72. The number of ether oxygens (including phenoxy) is 1. The van der Waals surface area contributed by atoms with Crippen molar-refractivity contribution < 1.29 is 14.3 Å². The van der Waals surface area contributed by atoms with E-state index in [2.05, 4.69) is 23.7 Å². The van der Waals surface area contributed by atoms with Gasteiger partial charge < -0.3 is 9.64 Å². The molecular weight excluding hydrogens is 426 g/mol. The van der Waals surface area contributed by atoms with E-state index in [0.29, 0.717) is 34.9 Å². The van der Waals surface area contributed by atoms with Gasteiger partial charge in [-0.2, -0.15) is 0 Å². The summed E-state index contributed by atoms with van der Waals surface area (Å²) in [4.78, 5) is 30.7. The minimum atomic E-state index is -0.217. The van der Waals surface area contributed by atoms with E-state index < -0.39 is 0 Å². The molecular formula is C25H30ClN3O3. The first-order chi connectivity index (χ1) is 15.5. The fraction of sp³-hybridized carbons (Fsp3) is 0.480. The van der Waals surface area contributed by atoms with Gasteiger partial charge in [0, 0.05) is 13.5 Å². The third-order valence-electron chi connectivity index (χ3n) is 5.56. The van der Waals surface area contributed by atoms with Crippen molar-refractivity contribution in [2.75, 3.05) is 13.7 Å². The molecule has 0 saturated carbocycles. The summed E-state index contributed by atoms with van der Waals surface area (Å²) in [5.74, 6) is 5.50. The SMILES string of the molecule is CCCCCCCCCC(=O)OCC#Cc1ncn2c1CN(C)C(=O)c1c(Cl)cccc1-2. The highest BCUT2D eigenvalue weighted by molar-refractivity contribution is 6.34. The Balaban J connectivity index is 1.56. The topological polar surface area (TPSA) is 64.4 Å². The van der Waals surface area contributed by atoms with Crippen LogP contribution in [0, 0.1) is 11.8 Å². The molecule has 1 amide bonds. The molecule has 0 atom stereocenters. The van der Waals surface area contributed by atoms with Crippen LogP contribution in [0.2, 0.25) is 5.02 Å². The van der Waals surface area contributed by atoms with E-state index in [-0.39, 0.29) is 18.5 Å². The van der Waals surface area contributed by atoms with Gasteiger partial charge in [0.25, 0.3) is 5.91 Å². The fourth-order valence-corrected chi connectivity index (χ4v) is 4.03. The highest BCUT2D eigenvalue weighted by Crippen LogP contribution is 2.30. The van der Waals surface area contributed by atoms with E-state index in [1.165, 1.54) is 32.1 Å². The number of esters is 1. The largest absolute Gasteiger partial charge is 0.452 e. The number of rotatable bonds is 9. The van der Waals surface area contributed by atoms with Crippen molar-refractivity contribution >= 4 is 23.5 Å². The first-order valence-corrected chi connectivity index (χ1v) is 11.7. The third kappa shape index (κ3) is 5.92. The number of halogens is 1. The summed E-state index contributed by atoms with van der Waals surface area (Å²) >= 11 is 6.30. The summed E-state index contributed by atoms with van der Waals surface area (Å²) < 4.78 is 7.08. The lowest BCUT2D eigenvalue weighted by molar-refractivity contribution is -0.142. The van der Waals surface area contributed by atoms with Crippen molar-refractivity contribution in [2.24, 2.45) is 0 Å². The van der Waals surface area contributed by atoms with Gasteiger partial charge in [-0.3, -0.25) is 14.2 Å². The summed E-state index contributed by atoms with van der Waals surface area (Å²) in [6.07, 6.45) is 10.2. The van der Waals surface area contributed by atoms with Gasteiger partial charge in [-0.25, -0.2) is 4.98 Å². The zero-order valence-corrected chi connectivity index (χ0v) is 19.6. The summed E-state index contributed by atoms with van der Waals surface area (Å²) in [5.41, 5.74) is 2.49. The van der Waals surface area contributed by atoms with Crippen LogP contribution in [0.3, 0.4) is 0 Å². The molecule has 0 unspecified atom stereocenters. The van der Waals surface area contributed by atoms with Gasteiger partial charge in [-0.1, -0.05) is 69.0 Å². The molecule has 6 nitrogen and oxygen atoms in total. The second kappa shape index (κ2) is 11.7. The molecule has 1 aliphatic heterocycles. The van der Waals surface area contributed by atoms with E-state index in [0.717, 1.165) is 18.5 Å². The number of benzene rings is 1. The average molecular weight is 456 g/mol. The lowest BCUT2D eigenvalue weighted by atomic mass is 10.1. The van der Waals surface area contributed by atoms with Gasteiger partial charge in [0.15, 0.2) is 6.61 Å². The van der Waals surface area contributed by atoms with Crippen LogP contribution >= 0.6 is 11.6 Å². The lowest BCUT2D eigenvalue weighted by Gasteiger charge is -2.14. The van der Waals surface area contributed by atoms with Crippen molar-refractivity contribution in [1.29, 1.82) is 0 Å². The average Bonchev–Trinajstić information content (AvgIpc) is 3.12. The Labute approximate surface area is 194 Å². The quantitative estimate of drug-likeness (QED) is 0.298. The van der Waals surface area contributed by atoms with Gasteiger partial charge in [-0.05, 0) is 24.5 Å². The number of aromatic nitrogens is 2. The van der Waals surface area contributed by atoms with Gasteiger partial charge in [-0.15, -0.1) is 0 Å². The maximum absolute atomic E-state index is 12.8. The molecule has 0 bridgehead atoms. The first kappa shape index (κ1) is 23.9. The van der Waals surface area contributed by atoms with Gasteiger partial charge in [0.1, 0.15) is 12.0 Å². The number of carbonyl (C=O) groups excluding carboxylic acids is 2. The van der Waals surface area contributed by atoms with Crippen molar-refractivity contribution in [3.63, 3.8) is 0 Å². The third-order valence-corrected chi connectivity index (χ3v) is 5.88. The summed E-state index contributed by atoms with van der Waals surface area (Å²) in [6, 6.07) is 5.35. The van der Waals surface area contributed by atoms with Crippen LogP contribution in [0.25, 0.3) is 5.69 Å². The highest BCUT2D eigenvalue weighted by Gasteiger charge is 2.27. The standard InChI is InChI=1S/C25H30ClN3O3/c1-3-4-5-6-7-8-9-15-23(30)32-16-11-13-20-22-17-28(2)25(31)24-19(26)12-10-14-21(24)29(22)18-27-20/h10,12,14,18H,3-9,15-17H2,1-2H3. The number of imidazole rings is 1. The molecule has 32 heavy (non-hydrogen) atoms. The Hall–Kier alpha value is -2.78. The van der Waals surface area contributed by atoms with Crippen LogP contribution in [0.15, 0.2) is 24.5 Å². The molecule has 1 aromatic heterocycles. The summed E-state index contributed by atoms with van der Waals surface area (Å²) in [5, 5.41) is 0.404. The molecule has 1 aromatic carbocycles. The normalized spacial score (nSPS) is 12.5. The van der Waals surface area contributed by atoms with Crippen LogP contribution in [0.4, 0.5) is 0 Å². The summed E-state index contributed by atoms with van der Waals surface area (Å²) in [6.45, 7) is 2.58. The lowest BCUT2D eigenvalue weighted by Crippen LogP contribution is -2.25. The second-order valence-electron chi connectivity index (χ2n) is 8.04. The molecule has 0 spiro atoms. The zero-order valence-electron chi connectivity index (χ0n) is 18.8. The molecule has 7 heteroatoms. The van der Waals surface area contributed by atoms with Crippen molar-refractivity contribution in [1.82, 2.24) is 14.5 Å². The minimum Gasteiger partial charge on any atom is -0.452 e. The molecule has 1 aliphatic rings. The van der Waals surface area contributed by atoms with Gasteiger partial charge in [0.2, 0.25) is 0 Å². The van der Waals surface area contributed by atoms with Crippen molar-refractivity contribution in [2.45, 2.75) is 64.8 Å². The number of fused-ring (bicyclic) bond motifs is 3. The van der Waals surface area contributed by atoms with Gasteiger partial charge in [0.05, 0.1) is 28.5 Å². The van der Waals surface area contributed by atoms with Crippen LogP contribution in [-0.4, -0.2) is 40.0 Å². The van der Waals surface area contributed by atoms with E-state index >= 15 is 0 Å². The molecule has 0 saturated heterocycles. The van der Waals surface area contributed by atoms with Crippen molar-refractivity contribution in [3.05, 3.63) is 46.5 Å². The maximum atomic E-state index is 12.8. The Morgan fingerprint density at radius 3 is 2.72 bits per heavy atom. The Bertz CT molecular complexity index is 1020. The second-order valence-corrected chi connectivity index (χ2v) is 8.45. The monoisotopic (exact) mass is 455 g/mol. The Kier molecular flexibility index (Phi) is 8.75. The van der Waals surface area contributed by atoms with E-state index in [9.17, 15) is 9.59 Å². The zero-order chi connectivity index (χ0) is 22.9. The van der Waals surface area contributed by atoms with E-state index in [4.69, 9.17) is 16.3 Å². The molecule has 2 heterocycles.